The van der Waals surface area contributed by atoms with Gasteiger partial charge in [0, 0.05) is 24.6 Å². The van der Waals surface area contributed by atoms with Crippen molar-refractivity contribution < 1.29 is 4.74 Å². The van der Waals surface area contributed by atoms with Crippen LogP contribution in [0.25, 0.3) is 0 Å². The Morgan fingerprint density at radius 1 is 1.35 bits per heavy atom. The smallest absolute Gasteiger partial charge is 0.122 e. The lowest BCUT2D eigenvalue weighted by molar-refractivity contribution is 0.119. The highest BCUT2D eigenvalue weighted by molar-refractivity contribution is 5.39. The highest BCUT2D eigenvalue weighted by atomic mass is 16.5. The molecule has 2 heteroatoms. The van der Waals surface area contributed by atoms with E-state index in [1.807, 2.05) is 0 Å². The van der Waals surface area contributed by atoms with E-state index in [4.69, 9.17) is 4.74 Å². The number of hydrogen-bond donors (Lipinski definition) is 1. The number of para-hydroxylation sites is 1. The van der Waals surface area contributed by atoms with Gasteiger partial charge in [-0.1, -0.05) is 31.5 Å². The van der Waals surface area contributed by atoms with Crippen LogP contribution in [-0.4, -0.2) is 19.7 Å². The summed E-state index contributed by atoms with van der Waals surface area (Å²) in [5.41, 5.74) is 1.97. The maximum absolute atomic E-state index is 5.78. The molecular formula is C15H21NO. The summed E-state index contributed by atoms with van der Waals surface area (Å²) in [6.07, 6.45) is 3.92. The number of hydrogen-bond acceptors (Lipinski definition) is 2. The van der Waals surface area contributed by atoms with Crippen LogP contribution in [0, 0.1) is 5.41 Å². The fraction of sp³-hybridized carbons (Fsp3) is 0.600. The standard InChI is InChI=1S/C15H21NO/c1-2-7-15(10-16-11-15)8-12-9-17-14-6-4-3-5-13(12)14/h3-6,12,16H,2,7-11H2,1H3. The molecule has 1 fully saturated rings. The van der Waals surface area contributed by atoms with Gasteiger partial charge < -0.3 is 10.1 Å². The molecule has 1 saturated heterocycles. The van der Waals surface area contributed by atoms with Gasteiger partial charge in [0.1, 0.15) is 5.75 Å². The SMILES string of the molecule is CCCC1(CC2COc3ccccc32)CNC1. The Kier molecular flexibility index (Phi) is 2.83. The minimum absolute atomic E-state index is 0.542. The first-order valence-corrected chi connectivity index (χ1v) is 6.75. The summed E-state index contributed by atoms with van der Waals surface area (Å²) >= 11 is 0. The molecule has 2 heterocycles. The number of nitrogens with one attached hydrogen (secondary N) is 1. The number of ether oxygens (including phenoxy) is 1. The maximum atomic E-state index is 5.78. The Balaban J connectivity index is 1.74. The largest absolute Gasteiger partial charge is 0.493 e. The van der Waals surface area contributed by atoms with Crippen LogP contribution < -0.4 is 10.1 Å². The normalized spacial score (nSPS) is 24.9. The highest BCUT2D eigenvalue weighted by Crippen LogP contribution is 2.44. The van der Waals surface area contributed by atoms with Crippen LogP contribution in [0.2, 0.25) is 0 Å². The van der Waals surface area contributed by atoms with E-state index in [1.165, 1.54) is 37.9 Å². The Hall–Kier alpha value is -1.02. The predicted octanol–water partition coefficient (Wildman–Crippen LogP) is 2.94. The highest BCUT2D eigenvalue weighted by Gasteiger charge is 2.40. The van der Waals surface area contributed by atoms with E-state index < -0.39 is 0 Å². The quantitative estimate of drug-likeness (QED) is 0.860. The summed E-state index contributed by atoms with van der Waals surface area (Å²) in [5, 5.41) is 3.44. The summed E-state index contributed by atoms with van der Waals surface area (Å²) < 4.78 is 5.78. The molecule has 1 unspecified atom stereocenters. The topological polar surface area (TPSA) is 21.3 Å². The van der Waals surface area contributed by atoms with Gasteiger partial charge in [-0.3, -0.25) is 0 Å². The van der Waals surface area contributed by atoms with Gasteiger partial charge in [0.15, 0.2) is 0 Å². The maximum Gasteiger partial charge on any atom is 0.122 e. The average Bonchev–Trinajstić information content (AvgIpc) is 2.70. The second-order valence-electron chi connectivity index (χ2n) is 5.60. The molecule has 2 aliphatic heterocycles. The number of fused-ring (bicyclic) bond motifs is 1. The summed E-state index contributed by atoms with van der Waals surface area (Å²) in [7, 11) is 0. The molecule has 1 aromatic rings. The molecule has 2 nitrogen and oxygen atoms in total. The lowest BCUT2D eigenvalue weighted by atomic mass is 9.70. The van der Waals surface area contributed by atoms with Crippen LogP contribution in [-0.2, 0) is 0 Å². The van der Waals surface area contributed by atoms with E-state index in [2.05, 4.69) is 36.5 Å². The minimum Gasteiger partial charge on any atom is -0.493 e. The summed E-state index contributed by atoms with van der Waals surface area (Å²) in [6, 6.07) is 8.53. The molecule has 2 aliphatic rings. The van der Waals surface area contributed by atoms with Gasteiger partial charge in [-0.2, -0.15) is 0 Å². The third kappa shape index (κ3) is 1.95. The molecule has 1 aromatic carbocycles. The van der Waals surface area contributed by atoms with Crippen molar-refractivity contribution in [3.8, 4) is 5.75 Å². The van der Waals surface area contributed by atoms with Crippen molar-refractivity contribution in [2.45, 2.75) is 32.1 Å². The average molecular weight is 231 g/mol. The van der Waals surface area contributed by atoms with Crippen molar-refractivity contribution in [2.75, 3.05) is 19.7 Å². The molecule has 17 heavy (non-hydrogen) atoms. The second kappa shape index (κ2) is 4.34. The molecule has 0 bridgehead atoms. The van der Waals surface area contributed by atoms with Crippen LogP contribution in [0.4, 0.5) is 0 Å². The first-order chi connectivity index (χ1) is 8.33. The van der Waals surface area contributed by atoms with E-state index in [-0.39, 0.29) is 0 Å². The molecule has 0 saturated carbocycles. The molecule has 0 spiro atoms. The molecule has 3 rings (SSSR count). The van der Waals surface area contributed by atoms with E-state index >= 15 is 0 Å². The van der Waals surface area contributed by atoms with Crippen molar-refractivity contribution >= 4 is 0 Å². The molecule has 92 valence electrons. The lowest BCUT2D eigenvalue weighted by Gasteiger charge is -2.44. The number of rotatable bonds is 4. The molecule has 1 N–H and O–H groups in total. The zero-order chi connectivity index (χ0) is 11.7. The minimum atomic E-state index is 0.542. The molecule has 0 aliphatic carbocycles. The number of benzene rings is 1. The van der Waals surface area contributed by atoms with E-state index in [0.717, 1.165) is 12.4 Å². The van der Waals surface area contributed by atoms with Gasteiger partial charge in [-0.05, 0) is 24.3 Å². The zero-order valence-electron chi connectivity index (χ0n) is 10.5. The molecule has 0 amide bonds. The van der Waals surface area contributed by atoms with Gasteiger partial charge in [0.25, 0.3) is 0 Å². The molecular weight excluding hydrogens is 210 g/mol. The first-order valence-electron chi connectivity index (χ1n) is 6.75. The van der Waals surface area contributed by atoms with Gasteiger partial charge in [-0.25, -0.2) is 0 Å². The monoisotopic (exact) mass is 231 g/mol. The first kappa shape index (κ1) is 11.1. The van der Waals surface area contributed by atoms with Crippen molar-refractivity contribution in [1.29, 1.82) is 0 Å². The van der Waals surface area contributed by atoms with Crippen molar-refractivity contribution in [3.05, 3.63) is 29.8 Å². The molecule has 0 radical (unpaired) electrons. The zero-order valence-corrected chi connectivity index (χ0v) is 10.5. The van der Waals surface area contributed by atoms with Gasteiger partial charge in [0.05, 0.1) is 6.61 Å². The molecule has 1 atom stereocenters. The van der Waals surface area contributed by atoms with Crippen LogP contribution >= 0.6 is 0 Å². The predicted molar refractivity (Wildman–Crippen MR) is 69.5 cm³/mol. The van der Waals surface area contributed by atoms with Crippen LogP contribution in [0.1, 0.15) is 37.7 Å². The van der Waals surface area contributed by atoms with E-state index in [9.17, 15) is 0 Å². The van der Waals surface area contributed by atoms with Gasteiger partial charge in [0.2, 0.25) is 0 Å². The van der Waals surface area contributed by atoms with Gasteiger partial charge in [-0.15, -0.1) is 0 Å². The van der Waals surface area contributed by atoms with Crippen LogP contribution in [0.15, 0.2) is 24.3 Å². The Morgan fingerprint density at radius 2 is 2.18 bits per heavy atom. The fourth-order valence-corrected chi connectivity index (χ4v) is 3.35. The lowest BCUT2D eigenvalue weighted by Crippen LogP contribution is -2.54. The fourth-order valence-electron chi connectivity index (χ4n) is 3.35. The second-order valence-corrected chi connectivity index (χ2v) is 5.60. The third-order valence-corrected chi connectivity index (χ3v) is 4.26. The van der Waals surface area contributed by atoms with E-state index in [1.54, 1.807) is 0 Å². The van der Waals surface area contributed by atoms with E-state index in [0.29, 0.717) is 11.3 Å². The van der Waals surface area contributed by atoms with Gasteiger partial charge >= 0.3 is 0 Å². The molecule has 0 aromatic heterocycles. The summed E-state index contributed by atoms with van der Waals surface area (Å²) in [6.45, 7) is 5.56. The Labute approximate surface area is 103 Å². The van der Waals surface area contributed by atoms with Crippen molar-refractivity contribution in [1.82, 2.24) is 5.32 Å². The van der Waals surface area contributed by atoms with Crippen molar-refractivity contribution in [2.24, 2.45) is 5.41 Å². The summed E-state index contributed by atoms with van der Waals surface area (Å²) in [4.78, 5) is 0. The summed E-state index contributed by atoms with van der Waals surface area (Å²) in [5.74, 6) is 1.72. The van der Waals surface area contributed by atoms with Crippen molar-refractivity contribution in [3.63, 3.8) is 0 Å². The Bertz CT molecular complexity index is 398. The Morgan fingerprint density at radius 3 is 2.88 bits per heavy atom. The van der Waals surface area contributed by atoms with Crippen LogP contribution in [0.3, 0.4) is 0 Å². The third-order valence-electron chi connectivity index (χ3n) is 4.26. The van der Waals surface area contributed by atoms with Crippen LogP contribution in [0.5, 0.6) is 5.75 Å².